The molecule has 0 aliphatic heterocycles. The van der Waals surface area contributed by atoms with Crippen molar-refractivity contribution in [2.24, 2.45) is 0 Å². The van der Waals surface area contributed by atoms with Gasteiger partial charge in [-0.25, -0.2) is 0 Å². The van der Waals surface area contributed by atoms with Gasteiger partial charge in [-0.1, -0.05) is 23.7 Å². The molecule has 2 amide bonds. The summed E-state index contributed by atoms with van der Waals surface area (Å²) in [6.07, 6.45) is 0. The van der Waals surface area contributed by atoms with Gasteiger partial charge in [0, 0.05) is 14.2 Å². The first-order chi connectivity index (χ1) is 11.0. The topological polar surface area (TPSA) is 70.2 Å². The summed E-state index contributed by atoms with van der Waals surface area (Å²) in [5.74, 6) is -0.749. The summed E-state index contributed by atoms with van der Waals surface area (Å²) < 4.78 is 0.806. The largest absolute Gasteiger partial charge is 0.298 e. The van der Waals surface area contributed by atoms with Gasteiger partial charge in [-0.15, -0.1) is 0 Å². The summed E-state index contributed by atoms with van der Waals surface area (Å²) in [6, 6.07) is 13.5. The van der Waals surface area contributed by atoms with Crippen LogP contribution in [0.2, 0.25) is 5.02 Å². The van der Waals surface area contributed by atoms with Crippen molar-refractivity contribution in [3.05, 3.63) is 68.3 Å². The van der Waals surface area contributed by atoms with Gasteiger partial charge in [-0.2, -0.15) is 0 Å². The SMILES string of the molecule is O=C(NC(=S)NNC(=O)c1ccccc1I)c1ccc(Cl)cc1. The van der Waals surface area contributed by atoms with Gasteiger partial charge in [-0.3, -0.25) is 25.8 Å². The minimum absolute atomic E-state index is 0.00996. The quantitative estimate of drug-likeness (QED) is 0.367. The van der Waals surface area contributed by atoms with Crippen LogP contribution in [-0.2, 0) is 0 Å². The summed E-state index contributed by atoms with van der Waals surface area (Å²) >= 11 is 12.8. The zero-order valence-electron chi connectivity index (χ0n) is 11.6. The predicted octanol–water partition coefficient (Wildman–Crippen LogP) is 2.89. The monoisotopic (exact) mass is 459 g/mol. The zero-order valence-corrected chi connectivity index (χ0v) is 15.3. The lowest BCUT2D eigenvalue weighted by atomic mass is 10.2. The van der Waals surface area contributed by atoms with E-state index in [1.807, 2.05) is 12.1 Å². The lowest BCUT2D eigenvalue weighted by Gasteiger charge is -2.11. The Hall–Kier alpha value is -1.71. The van der Waals surface area contributed by atoms with Crippen molar-refractivity contribution in [2.45, 2.75) is 0 Å². The van der Waals surface area contributed by atoms with Crippen LogP contribution in [0.5, 0.6) is 0 Å². The van der Waals surface area contributed by atoms with Crippen LogP contribution in [0.3, 0.4) is 0 Å². The van der Waals surface area contributed by atoms with Crippen LogP contribution in [-0.4, -0.2) is 16.9 Å². The molecule has 0 unspecified atom stereocenters. The highest BCUT2D eigenvalue weighted by Crippen LogP contribution is 2.11. The molecule has 2 rings (SSSR count). The Morgan fingerprint density at radius 1 is 0.957 bits per heavy atom. The van der Waals surface area contributed by atoms with Crippen molar-refractivity contribution < 1.29 is 9.59 Å². The molecule has 0 fully saturated rings. The number of hydrogen-bond acceptors (Lipinski definition) is 3. The number of hydrazine groups is 1. The van der Waals surface area contributed by atoms with Crippen molar-refractivity contribution in [3.8, 4) is 0 Å². The van der Waals surface area contributed by atoms with Gasteiger partial charge in [0.25, 0.3) is 11.8 Å². The summed E-state index contributed by atoms with van der Waals surface area (Å²) in [6.45, 7) is 0. The number of benzene rings is 2. The molecule has 0 aliphatic rings. The third-order valence-electron chi connectivity index (χ3n) is 2.74. The van der Waals surface area contributed by atoms with E-state index in [-0.39, 0.29) is 11.0 Å². The Kier molecular flexibility index (Phi) is 6.31. The molecule has 3 N–H and O–H groups in total. The highest BCUT2D eigenvalue weighted by molar-refractivity contribution is 14.1. The van der Waals surface area contributed by atoms with E-state index in [1.54, 1.807) is 36.4 Å². The lowest BCUT2D eigenvalue weighted by Crippen LogP contribution is -2.48. The Morgan fingerprint density at radius 3 is 2.26 bits per heavy atom. The molecule has 118 valence electrons. The fourth-order valence-corrected chi connectivity index (χ4v) is 2.54. The van der Waals surface area contributed by atoms with Crippen molar-refractivity contribution in [3.63, 3.8) is 0 Å². The van der Waals surface area contributed by atoms with Gasteiger partial charge in [-0.05, 0) is 71.2 Å². The fourth-order valence-electron chi connectivity index (χ4n) is 1.63. The minimum Gasteiger partial charge on any atom is -0.298 e. The highest BCUT2D eigenvalue weighted by atomic mass is 127. The third-order valence-corrected chi connectivity index (χ3v) is 4.14. The number of nitrogens with one attached hydrogen (secondary N) is 3. The molecule has 0 spiro atoms. The number of hydrogen-bond donors (Lipinski definition) is 3. The number of amides is 2. The molecule has 0 atom stereocenters. The summed E-state index contributed by atoms with van der Waals surface area (Å²) in [5, 5.41) is 2.98. The van der Waals surface area contributed by atoms with E-state index in [2.05, 4.69) is 38.8 Å². The second-order valence-corrected chi connectivity index (χ2v) is 6.36. The molecule has 23 heavy (non-hydrogen) atoms. The molecule has 2 aromatic rings. The van der Waals surface area contributed by atoms with E-state index >= 15 is 0 Å². The van der Waals surface area contributed by atoms with Crippen LogP contribution in [0.15, 0.2) is 48.5 Å². The van der Waals surface area contributed by atoms with Crippen molar-refractivity contribution >= 4 is 63.3 Å². The molecule has 0 saturated carbocycles. The first-order valence-electron chi connectivity index (χ1n) is 6.39. The number of rotatable bonds is 2. The summed E-state index contributed by atoms with van der Waals surface area (Å²) in [4.78, 5) is 23.9. The van der Waals surface area contributed by atoms with Gasteiger partial charge in [0.1, 0.15) is 0 Å². The van der Waals surface area contributed by atoms with Crippen molar-refractivity contribution in [1.29, 1.82) is 0 Å². The van der Waals surface area contributed by atoms with Crippen LogP contribution < -0.4 is 16.2 Å². The van der Waals surface area contributed by atoms with Crippen LogP contribution in [0.1, 0.15) is 20.7 Å². The Morgan fingerprint density at radius 2 is 1.61 bits per heavy atom. The number of carbonyl (C=O) groups is 2. The van der Waals surface area contributed by atoms with Crippen LogP contribution >= 0.6 is 46.4 Å². The Bertz CT molecular complexity index is 753. The summed E-state index contributed by atoms with van der Waals surface area (Å²) in [7, 11) is 0. The van der Waals surface area contributed by atoms with Crippen LogP contribution in [0.25, 0.3) is 0 Å². The number of carbonyl (C=O) groups excluding carboxylic acids is 2. The average molecular weight is 460 g/mol. The summed E-state index contributed by atoms with van der Waals surface area (Å²) in [5.41, 5.74) is 5.84. The van der Waals surface area contributed by atoms with E-state index in [0.717, 1.165) is 3.57 Å². The minimum atomic E-state index is -0.400. The second kappa shape index (κ2) is 8.23. The molecule has 0 bridgehead atoms. The first kappa shape index (κ1) is 17.6. The van der Waals surface area contributed by atoms with E-state index < -0.39 is 5.91 Å². The normalized spacial score (nSPS) is 9.83. The van der Waals surface area contributed by atoms with Gasteiger partial charge >= 0.3 is 0 Å². The second-order valence-electron chi connectivity index (χ2n) is 4.35. The third kappa shape index (κ3) is 5.15. The molecule has 5 nitrogen and oxygen atoms in total. The first-order valence-corrected chi connectivity index (χ1v) is 8.25. The molecule has 0 aromatic heterocycles. The molecule has 0 saturated heterocycles. The van der Waals surface area contributed by atoms with E-state index in [4.69, 9.17) is 23.8 Å². The lowest BCUT2D eigenvalue weighted by molar-refractivity contribution is 0.0934. The van der Waals surface area contributed by atoms with Gasteiger partial charge in [0.2, 0.25) is 0 Å². The van der Waals surface area contributed by atoms with E-state index in [9.17, 15) is 9.59 Å². The standard InChI is InChI=1S/C15H11ClIN3O2S/c16-10-7-5-9(6-8-10)13(21)18-15(23)20-19-14(22)11-3-1-2-4-12(11)17/h1-8H,(H,19,22)(H2,18,20,21,23). The Labute approximate surface area is 156 Å². The van der Waals surface area contributed by atoms with Gasteiger partial charge < -0.3 is 0 Å². The molecule has 0 heterocycles. The molecular weight excluding hydrogens is 449 g/mol. The predicted molar refractivity (Wildman–Crippen MR) is 101 cm³/mol. The smallest absolute Gasteiger partial charge is 0.270 e. The molecule has 0 radical (unpaired) electrons. The number of thiocarbonyl (C=S) groups is 1. The van der Waals surface area contributed by atoms with Crippen molar-refractivity contribution in [1.82, 2.24) is 16.2 Å². The molecule has 2 aromatic carbocycles. The maximum atomic E-state index is 12.0. The van der Waals surface area contributed by atoms with E-state index in [0.29, 0.717) is 16.1 Å². The zero-order chi connectivity index (χ0) is 16.8. The number of halogens is 2. The van der Waals surface area contributed by atoms with E-state index in [1.165, 1.54) is 0 Å². The van der Waals surface area contributed by atoms with Crippen LogP contribution in [0, 0.1) is 3.57 Å². The molecular formula is C15H11ClIN3O2S. The fraction of sp³-hybridized carbons (Fsp3) is 0. The maximum absolute atomic E-state index is 12.0. The average Bonchev–Trinajstić information content (AvgIpc) is 2.53. The Balaban J connectivity index is 1.88. The molecule has 0 aliphatic carbocycles. The van der Waals surface area contributed by atoms with Gasteiger partial charge in [0.15, 0.2) is 5.11 Å². The van der Waals surface area contributed by atoms with Crippen LogP contribution in [0.4, 0.5) is 0 Å². The highest BCUT2D eigenvalue weighted by Gasteiger charge is 2.11. The van der Waals surface area contributed by atoms with Crippen molar-refractivity contribution in [2.75, 3.05) is 0 Å². The maximum Gasteiger partial charge on any atom is 0.270 e. The van der Waals surface area contributed by atoms with Gasteiger partial charge in [0.05, 0.1) is 5.56 Å². The molecule has 8 heteroatoms.